The van der Waals surface area contributed by atoms with Crippen LogP contribution in [0.15, 0.2) is 0 Å². The van der Waals surface area contributed by atoms with E-state index in [-0.39, 0.29) is 11.7 Å². The molecule has 3 heteroatoms. The van der Waals surface area contributed by atoms with Gasteiger partial charge in [-0.1, -0.05) is 6.92 Å². The molecule has 0 aliphatic heterocycles. The van der Waals surface area contributed by atoms with Crippen LogP contribution in [0.2, 0.25) is 0 Å². The molecular formula is C8H11NO2. The smallest absolute Gasteiger partial charge is 0.200 e. The summed E-state index contributed by atoms with van der Waals surface area (Å²) in [5.74, 6) is -1.09. The summed E-state index contributed by atoms with van der Waals surface area (Å²) >= 11 is 0. The van der Waals surface area contributed by atoms with Gasteiger partial charge in [-0.05, 0) is 6.42 Å². The zero-order valence-corrected chi connectivity index (χ0v) is 6.76. The second-order valence-electron chi connectivity index (χ2n) is 2.52. The van der Waals surface area contributed by atoms with E-state index in [0.717, 1.165) is 0 Å². The molecule has 0 aromatic heterocycles. The van der Waals surface area contributed by atoms with Crippen LogP contribution in [0.4, 0.5) is 0 Å². The van der Waals surface area contributed by atoms with Crippen molar-refractivity contribution in [2.24, 2.45) is 5.92 Å². The summed E-state index contributed by atoms with van der Waals surface area (Å²) in [7, 11) is 0. The van der Waals surface area contributed by atoms with Gasteiger partial charge < -0.3 is 0 Å². The summed E-state index contributed by atoms with van der Waals surface area (Å²) in [6.07, 6.45) is 0.815. The third kappa shape index (κ3) is 3.51. The second kappa shape index (κ2) is 4.62. The fraction of sp³-hybridized carbons (Fsp3) is 0.625. The largest absolute Gasteiger partial charge is 0.291 e. The molecule has 0 fully saturated rings. The molecule has 0 radical (unpaired) electrons. The first-order valence-corrected chi connectivity index (χ1v) is 3.51. The van der Waals surface area contributed by atoms with Crippen molar-refractivity contribution in [2.75, 3.05) is 0 Å². The topological polar surface area (TPSA) is 57.9 Å². The van der Waals surface area contributed by atoms with E-state index in [1.165, 1.54) is 6.92 Å². The minimum Gasteiger partial charge on any atom is -0.291 e. The van der Waals surface area contributed by atoms with E-state index in [4.69, 9.17) is 5.26 Å². The molecule has 1 atom stereocenters. The van der Waals surface area contributed by atoms with Crippen molar-refractivity contribution in [3.8, 4) is 6.07 Å². The molecule has 0 spiro atoms. The summed E-state index contributed by atoms with van der Waals surface area (Å²) in [6, 6.07) is 1.93. The number of hydrogen-bond donors (Lipinski definition) is 0. The first-order valence-electron chi connectivity index (χ1n) is 3.51. The van der Waals surface area contributed by atoms with E-state index in [1.807, 2.05) is 6.07 Å². The fourth-order valence-corrected chi connectivity index (χ4v) is 0.759. The Morgan fingerprint density at radius 2 is 2.09 bits per heavy atom. The van der Waals surface area contributed by atoms with Gasteiger partial charge in [0.25, 0.3) is 0 Å². The maximum absolute atomic E-state index is 10.9. The average molecular weight is 153 g/mol. The molecule has 0 N–H and O–H groups in total. The van der Waals surface area contributed by atoms with Gasteiger partial charge in [-0.15, -0.1) is 0 Å². The van der Waals surface area contributed by atoms with Gasteiger partial charge in [0.2, 0.25) is 5.78 Å². The van der Waals surface area contributed by atoms with Crippen LogP contribution < -0.4 is 0 Å². The maximum atomic E-state index is 10.9. The number of rotatable bonds is 4. The van der Waals surface area contributed by atoms with E-state index in [2.05, 4.69) is 0 Å². The quantitative estimate of drug-likeness (QED) is 0.568. The highest BCUT2D eigenvalue weighted by molar-refractivity contribution is 6.36. The van der Waals surface area contributed by atoms with Gasteiger partial charge in [-0.3, -0.25) is 9.59 Å². The molecule has 11 heavy (non-hydrogen) atoms. The van der Waals surface area contributed by atoms with Crippen molar-refractivity contribution >= 4 is 11.6 Å². The van der Waals surface area contributed by atoms with E-state index in [1.54, 1.807) is 6.92 Å². The third-order valence-electron chi connectivity index (χ3n) is 1.48. The maximum Gasteiger partial charge on any atom is 0.200 e. The second-order valence-corrected chi connectivity index (χ2v) is 2.52. The summed E-state index contributed by atoms with van der Waals surface area (Å²) in [5, 5.41) is 8.19. The van der Waals surface area contributed by atoms with Crippen LogP contribution in [0.25, 0.3) is 0 Å². The van der Waals surface area contributed by atoms with Gasteiger partial charge in [0, 0.05) is 19.3 Å². The van der Waals surface area contributed by atoms with Crippen LogP contribution in [-0.4, -0.2) is 11.6 Å². The van der Waals surface area contributed by atoms with Gasteiger partial charge in [0.05, 0.1) is 6.07 Å². The third-order valence-corrected chi connectivity index (χ3v) is 1.48. The number of ketones is 2. The van der Waals surface area contributed by atoms with Crippen molar-refractivity contribution in [1.82, 2.24) is 0 Å². The highest BCUT2D eigenvalue weighted by Gasteiger charge is 2.16. The molecular weight excluding hydrogens is 142 g/mol. The lowest BCUT2D eigenvalue weighted by atomic mass is 9.99. The molecule has 0 amide bonds. The number of carbonyl (C=O) groups is 2. The molecule has 0 bridgehead atoms. The minimum absolute atomic E-state index is 0.299. The number of hydrogen-bond acceptors (Lipinski definition) is 3. The fourth-order valence-electron chi connectivity index (χ4n) is 0.759. The Morgan fingerprint density at radius 1 is 1.55 bits per heavy atom. The van der Waals surface area contributed by atoms with Crippen molar-refractivity contribution in [3.63, 3.8) is 0 Å². The average Bonchev–Trinajstić information content (AvgIpc) is 1.98. The lowest BCUT2D eigenvalue weighted by molar-refractivity contribution is -0.137. The van der Waals surface area contributed by atoms with E-state index in [0.29, 0.717) is 12.8 Å². The van der Waals surface area contributed by atoms with Crippen molar-refractivity contribution in [1.29, 1.82) is 5.26 Å². The van der Waals surface area contributed by atoms with Gasteiger partial charge >= 0.3 is 0 Å². The minimum atomic E-state index is -0.421. The summed E-state index contributed by atoms with van der Waals surface area (Å²) in [6.45, 7) is 2.92. The predicted molar refractivity (Wildman–Crippen MR) is 39.7 cm³/mol. The van der Waals surface area contributed by atoms with Crippen LogP contribution >= 0.6 is 0 Å². The number of carbonyl (C=O) groups excluding carboxylic acids is 2. The first-order chi connectivity index (χ1) is 5.09. The SMILES string of the molecule is CC(=O)C(=O)[C@@H](C)CCC#N. The molecule has 0 saturated heterocycles. The Kier molecular flexibility index (Phi) is 4.12. The van der Waals surface area contributed by atoms with Crippen LogP contribution in [0.5, 0.6) is 0 Å². The van der Waals surface area contributed by atoms with Gasteiger partial charge in [0.1, 0.15) is 0 Å². The van der Waals surface area contributed by atoms with Crippen molar-refractivity contribution in [3.05, 3.63) is 0 Å². The summed E-state index contributed by atoms with van der Waals surface area (Å²) < 4.78 is 0. The lowest BCUT2D eigenvalue weighted by Crippen LogP contribution is -2.18. The van der Waals surface area contributed by atoms with Crippen molar-refractivity contribution < 1.29 is 9.59 Å². The molecule has 0 aromatic carbocycles. The Hall–Kier alpha value is -1.17. The zero-order valence-electron chi connectivity index (χ0n) is 6.76. The Labute approximate surface area is 66.0 Å². The first kappa shape index (κ1) is 9.83. The van der Waals surface area contributed by atoms with Gasteiger partial charge in [0.15, 0.2) is 5.78 Å². The highest BCUT2D eigenvalue weighted by atomic mass is 16.2. The summed E-state index contributed by atoms with van der Waals surface area (Å²) in [5.41, 5.74) is 0. The Bertz CT molecular complexity index is 203. The number of Topliss-reactive ketones (excluding diaryl/α,β-unsaturated/α-hetero) is 2. The standard InChI is InChI=1S/C8H11NO2/c1-6(4-3-5-9)8(11)7(2)10/h6H,3-4H2,1-2H3/t6-/m0/s1. The molecule has 0 aliphatic carbocycles. The normalized spacial score (nSPS) is 11.7. The molecule has 60 valence electrons. The van der Waals surface area contributed by atoms with E-state index in [9.17, 15) is 9.59 Å². The monoisotopic (exact) mass is 153 g/mol. The molecule has 0 aromatic rings. The molecule has 0 heterocycles. The number of nitriles is 1. The van der Waals surface area contributed by atoms with E-state index < -0.39 is 5.78 Å². The molecule has 0 saturated carbocycles. The molecule has 3 nitrogen and oxygen atoms in total. The van der Waals surface area contributed by atoms with Crippen LogP contribution in [0, 0.1) is 17.2 Å². The zero-order chi connectivity index (χ0) is 8.85. The Morgan fingerprint density at radius 3 is 2.45 bits per heavy atom. The predicted octanol–water partition coefficient (Wildman–Crippen LogP) is 1.08. The molecule has 0 aliphatic rings. The van der Waals surface area contributed by atoms with Crippen LogP contribution in [0.3, 0.4) is 0 Å². The summed E-state index contributed by atoms with van der Waals surface area (Å²) in [4.78, 5) is 21.4. The number of nitrogens with zero attached hydrogens (tertiary/aromatic N) is 1. The highest BCUT2D eigenvalue weighted by Crippen LogP contribution is 2.06. The van der Waals surface area contributed by atoms with Crippen LogP contribution in [-0.2, 0) is 9.59 Å². The molecule has 0 unspecified atom stereocenters. The van der Waals surface area contributed by atoms with Crippen molar-refractivity contribution in [2.45, 2.75) is 26.7 Å². The lowest BCUT2D eigenvalue weighted by Gasteiger charge is -2.03. The molecule has 0 rings (SSSR count). The van der Waals surface area contributed by atoms with Gasteiger partial charge in [-0.25, -0.2) is 0 Å². The van der Waals surface area contributed by atoms with Gasteiger partial charge in [-0.2, -0.15) is 5.26 Å². The van der Waals surface area contributed by atoms with E-state index >= 15 is 0 Å². The van der Waals surface area contributed by atoms with Crippen LogP contribution in [0.1, 0.15) is 26.7 Å². The Balaban J connectivity index is 3.85.